The van der Waals surface area contributed by atoms with Crippen LogP contribution >= 0.6 is 35.3 Å². The highest BCUT2D eigenvalue weighted by molar-refractivity contribution is 7.19. The summed E-state index contributed by atoms with van der Waals surface area (Å²) >= 11 is 7.52. The van der Waals surface area contributed by atoms with Crippen LogP contribution in [0.2, 0.25) is 4.34 Å². The third-order valence-electron chi connectivity index (χ3n) is 3.26. The maximum atomic E-state index is 6.00. The van der Waals surface area contributed by atoms with Crippen molar-refractivity contribution in [2.45, 2.75) is 19.4 Å². The molecule has 0 saturated heterocycles. The Kier molecular flexibility index (Phi) is 5.63. The highest BCUT2D eigenvalue weighted by atomic mass is 35.5. The second kappa shape index (κ2) is 7.28. The normalized spacial score (nSPS) is 12.1. The molecule has 0 saturated carbocycles. The molecule has 3 heterocycles. The monoisotopic (exact) mass is 358 g/mol. The second-order valence-corrected chi connectivity index (χ2v) is 6.51. The van der Waals surface area contributed by atoms with Gasteiger partial charge in [0.1, 0.15) is 0 Å². The maximum absolute atomic E-state index is 6.00. The van der Waals surface area contributed by atoms with Gasteiger partial charge in [-0.3, -0.25) is 0 Å². The summed E-state index contributed by atoms with van der Waals surface area (Å²) in [5.74, 6) is 1.22. The van der Waals surface area contributed by atoms with Crippen molar-refractivity contribution < 1.29 is 4.52 Å². The van der Waals surface area contributed by atoms with E-state index in [2.05, 4.69) is 27.4 Å². The van der Waals surface area contributed by atoms with Gasteiger partial charge < -0.3 is 14.8 Å². The third kappa shape index (κ3) is 3.52. The topological polar surface area (TPSA) is 66.7 Å². The molecule has 3 aromatic heterocycles. The summed E-state index contributed by atoms with van der Waals surface area (Å²) in [5.41, 5.74) is 1.91. The van der Waals surface area contributed by atoms with Crippen molar-refractivity contribution in [2.24, 2.45) is 0 Å². The van der Waals surface area contributed by atoms with Crippen molar-refractivity contribution in [3.8, 4) is 21.9 Å². The summed E-state index contributed by atoms with van der Waals surface area (Å²) in [7, 11) is 1.91. The Morgan fingerprint density at radius 3 is 2.82 bits per heavy atom. The lowest BCUT2D eigenvalue weighted by Crippen LogP contribution is -2.24. The Bertz CT molecular complexity index is 737. The van der Waals surface area contributed by atoms with Gasteiger partial charge in [-0.2, -0.15) is 4.98 Å². The fraction of sp³-hybridized carbons (Fsp3) is 0.286. The number of aromatic amines is 1. The van der Waals surface area contributed by atoms with Crippen LogP contribution in [0.1, 0.15) is 12.7 Å². The summed E-state index contributed by atoms with van der Waals surface area (Å²) < 4.78 is 6.14. The maximum Gasteiger partial charge on any atom is 0.260 e. The molecule has 0 amide bonds. The van der Waals surface area contributed by atoms with Crippen molar-refractivity contribution in [3.63, 3.8) is 0 Å². The summed E-state index contributed by atoms with van der Waals surface area (Å²) in [6.07, 6.45) is 4.50. The summed E-state index contributed by atoms with van der Waals surface area (Å²) in [5, 5.41) is 7.19. The zero-order valence-electron chi connectivity index (χ0n) is 12.1. The fourth-order valence-electron chi connectivity index (χ4n) is 2.03. The predicted molar refractivity (Wildman–Crippen MR) is 91.9 cm³/mol. The summed E-state index contributed by atoms with van der Waals surface area (Å²) in [6, 6.07) is 4.17. The molecule has 0 aliphatic rings. The third-order valence-corrected chi connectivity index (χ3v) is 4.53. The molecular weight excluding hydrogens is 343 g/mol. The van der Waals surface area contributed by atoms with Crippen LogP contribution < -0.4 is 5.32 Å². The zero-order valence-corrected chi connectivity index (χ0v) is 14.5. The van der Waals surface area contributed by atoms with Crippen molar-refractivity contribution in [1.82, 2.24) is 20.4 Å². The summed E-state index contributed by atoms with van der Waals surface area (Å²) in [6.45, 7) is 2.07. The molecule has 0 radical (unpaired) electrons. The van der Waals surface area contributed by atoms with E-state index < -0.39 is 0 Å². The van der Waals surface area contributed by atoms with Crippen LogP contribution in [0.3, 0.4) is 0 Å². The van der Waals surface area contributed by atoms with Gasteiger partial charge in [-0.25, -0.2) is 0 Å². The first-order valence-corrected chi connectivity index (χ1v) is 7.79. The van der Waals surface area contributed by atoms with E-state index in [0.29, 0.717) is 17.8 Å². The molecule has 118 valence electrons. The average molecular weight is 359 g/mol. The van der Waals surface area contributed by atoms with Crippen LogP contribution in [0.5, 0.6) is 0 Å². The molecule has 0 fully saturated rings. The van der Waals surface area contributed by atoms with E-state index in [1.165, 1.54) is 11.3 Å². The Labute approximate surface area is 143 Å². The molecule has 0 spiro atoms. The molecular formula is C14H16Cl2N4OS. The average Bonchev–Trinajstić information content (AvgIpc) is 3.17. The first kappa shape index (κ1) is 17.0. The molecule has 0 bridgehead atoms. The minimum Gasteiger partial charge on any atom is -0.366 e. The highest BCUT2D eigenvalue weighted by Crippen LogP contribution is 2.36. The minimum atomic E-state index is 0. The molecule has 0 aliphatic heterocycles. The summed E-state index contributed by atoms with van der Waals surface area (Å²) in [4.78, 5) is 8.63. The van der Waals surface area contributed by atoms with Gasteiger partial charge in [-0.05, 0) is 26.1 Å². The van der Waals surface area contributed by atoms with Crippen LogP contribution in [-0.4, -0.2) is 28.2 Å². The quantitative estimate of drug-likeness (QED) is 0.722. The van der Waals surface area contributed by atoms with E-state index in [4.69, 9.17) is 16.1 Å². The van der Waals surface area contributed by atoms with Gasteiger partial charge in [0.25, 0.3) is 5.89 Å². The zero-order chi connectivity index (χ0) is 14.8. The second-order valence-electron chi connectivity index (χ2n) is 4.80. The number of thiophene rings is 1. The minimum absolute atomic E-state index is 0. The largest absolute Gasteiger partial charge is 0.366 e. The first-order valence-electron chi connectivity index (χ1n) is 6.60. The van der Waals surface area contributed by atoms with Gasteiger partial charge in [0.2, 0.25) is 0 Å². The SMILES string of the molecule is CNC(C)Cc1noc(-c2c[nH]cc2-c2ccc(Cl)s2)n1.Cl. The lowest BCUT2D eigenvalue weighted by Gasteiger charge is -2.04. The molecule has 22 heavy (non-hydrogen) atoms. The van der Waals surface area contributed by atoms with E-state index in [9.17, 15) is 0 Å². The van der Waals surface area contributed by atoms with Crippen LogP contribution in [0.4, 0.5) is 0 Å². The van der Waals surface area contributed by atoms with E-state index in [1.54, 1.807) is 0 Å². The number of rotatable bonds is 5. The van der Waals surface area contributed by atoms with Gasteiger partial charge in [0.05, 0.1) is 9.90 Å². The number of likely N-dealkylation sites (N-methyl/N-ethyl adjacent to an activating group) is 1. The molecule has 1 atom stereocenters. The van der Waals surface area contributed by atoms with E-state index >= 15 is 0 Å². The van der Waals surface area contributed by atoms with E-state index in [1.807, 2.05) is 31.6 Å². The number of aromatic nitrogens is 3. The Balaban J connectivity index is 0.00000176. The smallest absolute Gasteiger partial charge is 0.260 e. The molecule has 3 rings (SSSR count). The molecule has 0 aromatic carbocycles. The van der Waals surface area contributed by atoms with E-state index in [0.717, 1.165) is 26.8 Å². The molecule has 3 aromatic rings. The number of nitrogens with one attached hydrogen (secondary N) is 2. The number of hydrogen-bond donors (Lipinski definition) is 2. The van der Waals surface area contributed by atoms with Crippen molar-refractivity contribution >= 4 is 35.3 Å². The first-order chi connectivity index (χ1) is 10.2. The molecule has 1 unspecified atom stereocenters. The Hall–Kier alpha value is -1.34. The van der Waals surface area contributed by atoms with Crippen molar-refractivity contribution in [2.75, 3.05) is 7.05 Å². The molecule has 2 N–H and O–H groups in total. The Morgan fingerprint density at radius 2 is 2.14 bits per heavy atom. The van der Waals surface area contributed by atoms with E-state index in [-0.39, 0.29) is 12.4 Å². The number of hydrogen-bond acceptors (Lipinski definition) is 5. The lowest BCUT2D eigenvalue weighted by atomic mass is 10.1. The van der Waals surface area contributed by atoms with Crippen LogP contribution in [-0.2, 0) is 6.42 Å². The van der Waals surface area contributed by atoms with Gasteiger partial charge >= 0.3 is 0 Å². The van der Waals surface area contributed by atoms with Crippen molar-refractivity contribution in [3.05, 3.63) is 34.7 Å². The van der Waals surface area contributed by atoms with Crippen LogP contribution in [0.15, 0.2) is 29.0 Å². The van der Waals surface area contributed by atoms with Gasteiger partial charge in [-0.15, -0.1) is 23.7 Å². The standard InChI is InChI=1S/C14H15ClN4OS.ClH/c1-8(16-2)5-13-18-14(20-19-13)10-7-17-6-9(10)11-3-4-12(15)21-11;/h3-4,6-8,16-17H,5H2,1-2H3;1H. The molecule has 8 heteroatoms. The number of H-pyrrole nitrogens is 1. The Morgan fingerprint density at radius 1 is 1.36 bits per heavy atom. The number of halogens is 2. The van der Waals surface area contributed by atoms with Gasteiger partial charge in [0, 0.05) is 35.3 Å². The van der Waals surface area contributed by atoms with Crippen LogP contribution in [0.25, 0.3) is 21.9 Å². The molecule has 0 aliphatic carbocycles. The predicted octanol–water partition coefficient (Wildman–Crippen LogP) is 4.02. The highest BCUT2D eigenvalue weighted by Gasteiger charge is 2.17. The number of nitrogens with zero attached hydrogens (tertiary/aromatic N) is 2. The van der Waals surface area contributed by atoms with Crippen molar-refractivity contribution in [1.29, 1.82) is 0 Å². The van der Waals surface area contributed by atoms with Crippen LogP contribution in [0, 0.1) is 0 Å². The molecule has 5 nitrogen and oxygen atoms in total. The van der Waals surface area contributed by atoms with Gasteiger partial charge in [0.15, 0.2) is 5.82 Å². The lowest BCUT2D eigenvalue weighted by molar-refractivity contribution is 0.418. The van der Waals surface area contributed by atoms with Gasteiger partial charge in [-0.1, -0.05) is 16.8 Å². The fourth-order valence-corrected chi connectivity index (χ4v) is 3.10.